The van der Waals surface area contributed by atoms with E-state index in [0.29, 0.717) is 6.61 Å². The first-order valence-corrected chi connectivity index (χ1v) is 6.18. The number of ether oxygens (including phenoxy) is 1. The van der Waals surface area contributed by atoms with Crippen LogP contribution in [0.1, 0.15) is 0 Å². The van der Waals surface area contributed by atoms with Gasteiger partial charge in [0.2, 0.25) is 5.60 Å². The molecule has 6 nitrogen and oxygen atoms in total. The first-order chi connectivity index (χ1) is 8.42. The molecule has 0 fully saturated rings. The fourth-order valence-electron chi connectivity index (χ4n) is 1.89. The van der Waals surface area contributed by atoms with Gasteiger partial charge in [-0.05, 0) is 6.08 Å². The molecule has 7 heteroatoms. The van der Waals surface area contributed by atoms with Crippen molar-refractivity contribution in [2.75, 3.05) is 6.61 Å². The summed E-state index contributed by atoms with van der Waals surface area (Å²) in [7, 11) is -4.94. The second-order valence-electron chi connectivity index (χ2n) is 3.59. The van der Waals surface area contributed by atoms with Crippen LogP contribution in [0.3, 0.4) is 0 Å². The molecule has 0 amide bonds. The number of hydrogen-bond acceptors (Lipinski definition) is 5. The fourth-order valence-corrected chi connectivity index (χ4v) is 1.89. The van der Waals surface area contributed by atoms with Gasteiger partial charge < -0.3 is 4.74 Å². The van der Waals surface area contributed by atoms with Crippen LogP contribution < -0.4 is 18.6 Å². The molecule has 0 bridgehead atoms. The van der Waals surface area contributed by atoms with Crippen molar-refractivity contribution in [3.8, 4) is 0 Å². The van der Waals surface area contributed by atoms with E-state index in [0.717, 1.165) is 5.78 Å². The predicted molar refractivity (Wildman–Crippen MR) is 49.2 cm³/mol. The number of ketones is 1. The van der Waals surface area contributed by atoms with Crippen molar-refractivity contribution >= 4 is 5.78 Å². The third-order valence-electron chi connectivity index (χ3n) is 2.54. The lowest BCUT2D eigenvalue weighted by atomic mass is 9.86. The summed E-state index contributed by atoms with van der Waals surface area (Å²) < 4.78 is 45.1. The highest BCUT2D eigenvalue weighted by Crippen LogP contribution is 2.35. The van der Waals surface area contributed by atoms with Gasteiger partial charge in [-0.2, -0.15) is 0 Å². The van der Waals surface area contributed by atoms with Gasteiger partial charge in [-0.25, -0.2) is 23.1 Å². The summed E-state index contributed by atoms with van der Waals surface area (Å²) in [4.78, 5) is 0. The lowest BCUT2D eigenvalue weighted by Crippen LogP contribution is -2.68. The molecular formula is C11H9ClO6. The molecule has 1 atom stereocenters. The average molecular weight is 273 g/mol. The number of rotatable bonds is 0. The van der Waals surface area contributed by atoms with Gasteiger partial charge in [0.15, 0.2) is 0 Å². The van der Waals surface area contributed by atoms with E-state index < -0.39 is 15.8 Å². The van der Waals surface area contributed by atoms with E-state index in [4.69, 9.17) is 27.8 Å². The Morgan fingerprint density at radius 3 is 2.61 bits per heavy atom. The monoisotopic (exact) mass is 272 g/mol. The molecule has 1 aliphatic carbocycles. The molecule has 3 rings (SSSR count). The van der Waals surface area contributed by atoms with Crippen molar-refractivity contribution in [2.24, 2.45) is 0 Å². The van der Waals surface area contributed by atoms with Crippen molar-refractivity contribution in [1.82, 2.24) is 0 Å². The Morgan fingerprint density at radius 1 is 1.17 bits per heavy atom. The third-order valence-corrected chi connectivity index (χ3v) is 2.54. The zero-order valence-electron chi connectivity index (χ0n) is 9.08. The Bertz CT molecular complexity index is 476. The van der Waals surface area contributed by atoms with E-state index in [1.54, 1.807) is 6.26 Å². The van der Waals surface area contributed by atoms with Crippen LogP contribution in [0.15, 0.2) is 48.3 Å². The maximum atomic E-state index is 8.49. The average Bonchev–Trinajstić information content (AvgIpc) is 2.67. The van der Waals surface area contributed by atoms with Crippen LogP contribution in [0.25, 0.3) is 0 Å². The summed E-state index contributed by atoms with van der Waals surface area (Å²) in [5.74, 6) is 0.862. The van der Waals surface area contributed by atoms with E-state index in [1.807, 2.05) is 30.4 Å². The molecule has 0 radical (unpaired) electrons. The topological polar surface area (TPSA) is 113 Å². The molecule has 1 spiro atoms. The zero-order valence-corrected chi connectivity index (χ0v) is 9.83. The summed E-state index contributed by atoms with van der Waals surface area (Å²) >= 11 is 0. The second-order valence-corrected chi connectivity index (χ2v) is 4.34. The summed E-state index contributed by atoms with van der Waals surface area (Å²) in [6, 6.07) is 0. The maximum Gasteiger partial charge on any atom is 0.369 e. The Labute approximate surface area is 105 Å². The molecule has 1 unspecified atom stereocenters. The van der Waals surface area contributed by atoms with Crippen molar-refractivity contribution in [3.05, 3.63) is 48.3 Å². The molecule has 0 saturated heterocycles. The zero-order chi connectivity index (χ0) is 13.2. The van der Waals surface area contributed by atoms with Crippen LogP contribution in [0.5, 0.6) is 0 Å². The van der Waals surface area contributed by atoms with Crippen LogP contribution in [0.2, 0.25) is 0 Å². The van der Waals surface area contributed by atoms with Crippen LogP contribution >= 0.6 is 0 Å². The van der Waals surface area contributed by atoms with Gasteiger partial charge in [-0.3, -0.25) is 0 Å². The summed E-state index contributed by atoms with van der Waals surface area (Å²) in [5, 5.41) is 0. The van der Waals surface area contributed by atoms with E-state index in [-0.39, 0.29) is 0 Å². The highest BCUT2D eigenvalue weighted by molar-refractivity contribution is 6.04. The Hall–Kier alpha value is -1.28. The molecular weight excluding hydrogens is 264 g/mol. The van der Waals surface area contributed by atoms with Gasteiger partial charge in [-0.15, -0.1) is 10.2 Å². The van der Waals surface area contributed by atoms with Crippen molar-refractivity contribution < 1.29 is 38.0 Å². The van der Waals surface area contributed by atoms with Gasteiger partial charge in [0.05, 0.1) is 6.61 Å². The van der Waals surface area contributed by atoms with Crippen LogP contribution in [0, 0.1) is 10.2 Å². The normalized spacial score (nSPS) is 27.8. The van der Waals surface area contributed by atoms with Crippen LogP contribution in [0.4, 0.5) is 0 Å². The molecule has 0 aromatic rings. The fraction of sp³-hybridized carbons (Fsp3) is 0.182. The van der Waals surface area contributed by atoms with E-state index in [9.17, 15) is 0 Å². The SMILES string of the molecule is C1=CC2=[O+]C=CC3=CCOC32C=C1.[O-][Cl+3]([O-])([O-])[O-]. The van der Waals surface area contributed by atoms with E-state index in [2.05, 4.69) is 6.08 Å². The smallest absolute Gasteiger partial charge is 0.349 e. The largest absolute Gasteiger partial charge is 0.369 e. The number of carbonyl (C=O) groups excluding carboxylic acids is 1. The van der Waals surface area contributed by atoms with Crippen molar-refractivity contribution in [2.45, 2.75) is 5.60 Å². The Kier molecular flexibility index (Phi) is 3.49. The number of allylic oxidation sites excluding steroid dienone is 2. The highest BCUT2D eigenvalue weighted by atomic mass is 35.7. The molecule has 2 heterocycles. The first kappa shape index (κ1) is 13.2. The van der Waals surface area contributed by atoms with Gasteiger partial charge >= 0.3 is 12.0 Å². The molecule has 3 aliphatic rings. The van der Waals surface area contributed by atoms with E-state index in [1.165, 1.54) is 5.57 Å². The molecule has 0 saturated carbocycles. The predicted octanol–water partition coefficient (Wildman–Crippen LogP) is -3.32. The van der Waals surface area contributed by atoms with Crippen molar-refractivity contribution in [1.29, 1.82) is 0 Å². The van der Waals surface area contributed by atoms with Crippen LogP contribution in [-0.4, -0.2) is 18.0 Å². The number of hydrogen-bond donors (Lipinski definition) is 0. The minimum absolute atomic E-state index is 0.413. The second kappa shape index (κ2) is 4.77. The highest BCUT2D eigenvalue weighted by Gasteiger charge is 2.49. The molecule has 96 valence electrons. The lowest BCUT2D eigenvalue weighted by Gasteiger charge is -2.23. The molecule has 18 heavy (non-hydrogen) atoms. The van der Waals surface area contributed by atoms with Gasteiger partial charge in [0.1, 0.15) is 0 Å². The minimum atomic E-state index is -4.94. The summed E-state index contributed by atoms with van der Waals surface area (Å²) in [5.41, 5.74) is 0.762. The van der Waals surface area contributed by atoms with Gasteiger partial charge in [0, 0.05) is 17.7 Å². The number of halogens is 1. The van der Waals surface area contributed by atoms with Gasteiger partial charge in [0.25, 0.3) is 0 Å². The standard InChI is InChI=1S/C11H9O2.ClHO4/c1-2-6-11-9(5-8-13-11)4-7-12-10(11)3-1;2-1(3,4)5/h1-7H,8H2;(H,2,3,4,5)/q+1;/p-1. The molecule has 2 aliphatic heterocycles. The summed E-state index contributed by atoms with van der Waals surface area (Å²) in [6.45, 7) is 0.657. The summed E-state index contributed by atoms with van der Waals surface area (Å²) in [6.07, 6.45) is 13.7. The van der Waals surface area contributed by atoms with Crippen LogP contribution in [-0.2, 0) is 9.16 Å². The Balaban J connectivity index is 0.000000209. The first-order valence-electron chi connectivity index (χ1n) is 4.95. The Morgan fingerprint density at radius 2 is 1.89 bits per heavy atom. The van der Waals surface area contributed by atoms with Crippen molar-refractivity contribution in [3.63, 3.8) is 0 Å². The lowest BCUT2D eigenvalue weighted by molar-refractivity contribution is -2.00. The molecule has 0 aromatic heterocycles. The third kappa shape index (κ3) is 2.75. The molecule has 0 aromatic carbocycles. The molecule has 0 N–H and O–H groups in total. The maximum absolute atomic E-state index is 8.49. The minimum Gasteiger partial charge on any atom is -0.349 e. The quantitative estimate of drug-likeness (QED) is 0.428. The van der Waals surface area contributed by atoms with Gasteiger partial charge in [-0.1, -0.05) is 18.2 Å². The van der Waals surface area contributed by atoms with E-state index >= 15 is 0 Å².